The third-order valence-corrected chi connectivity index (χ3v) is 6.04. The van der Waals surface area contributed by atoms with E-state index in [1.807, 2.05) is 5.38 Å². The van der Waals surface area contributed by atoms with Gasteiger partial charge in [-0.1, -0.05) is 12.1 Å². The van der Waals surface area contributed by atoms with Crippen molar-refractivity contribution in [1.82, 2.24) is 9.88 Å². The van der Waals surface area contributed by atoms with Crippen LogP contribution in [-0.2, 0) is 21.5 Å². The predicted octanol–water partition coefficient (Wildman–Crippen LogP) is 3.56. The first-order valence-electron chi connectivity index (χ1n) is 9.34. The molecule has 1 saturated heterocycles. The molecule has 5 nitrogen and oxygen atoms in total. The third-order valence-electron chi connectivity index (χ3n) is 5.23. The van der Waals surface area contributed by atoms with Crippen molar-refractivity contribution in [2.45, 2.75) is 50.9 Å². The van der Waals surface area contributed by atoms with E-state index in [-0.39, 0.29) is 23.9 Å². The summed E-state index contributed by atoms with van der Waals surface area (Å²) in [7, 11) is 0. The summed E-state index contributed by atoms with van der Waals surface area (Å²) in [6, 6.07) is 6.23. The van der Waals surface area contributed by atoms with E-state index in [4.69, 9.17) is 4.74 Å². The molecule has 2 heterocycles. The van der Waals surface area contributed by atoms with Crippen LogP contribution in [-0.4, -0.2) is 41.1 Å². The summed E-state index contributed by atoms with van der Waals surface area (Å²) in [5, 5.41) is 5.59. The second kappa shape index (κ2) is 7.30. The number of benzene rings is 1. The molecule has 2 unspecified atom stereocenters. The van der Waals surface area contributed by atoms with E-state index in [9.17, 15) is 9.18 Å². The number of carbonyl (C=O) groups excluding carboxylic acids is 1. The summed E-state index contributed by atoms with van der Waals surface area (Å²) in [5.41, 5.74) is 1.30. The Morgan fingerprint density at radius 1 is 1.30 bits per heavy atom. The second-order valence-electron chi connectivity index (χ2n) is 7.64. The second-order valence-corrected chi connectivity index (χ2v) is 8.50. The van der Waals surface area contributed by atoms with Crippen molar-refractivity contribution in [3.05, 3.63) is 46.7 Å². The van der Waals surface area contributed by atoms with Gasteiger partial charge in [-0.3, -0.25) is 9.69 Å². The predicted molar refractivity (Wildman–Crippen MR) is 103 cm³/mol. The zero-order valence-electron chi connectivity index (χ0n) is 15.6. The van der Waals surface area contributed by atoms with Crippen LogP contribution in [0.3, 0.4) is 0 Å². The van der Waals surface area contributed by atoms with Crippen LogP contribution in [0, 0.1) is 5.82 Å². The molecular weight excluding hydrogens is 365 g/mol. The Morgan fingerprint density at radius 3 is 2.59 bits per heavy atom. The van der Waals surface area contributed by atoms with Crippen molar-refractivity contribution >= 4 is 22.4 Å². The maximum atomic E-state index is 13.2. The van der Waals surface area contributed by atoms with Gasteiger partial charge in [0.05, 0.1) is 23.3 Å². The molecule has 0 spiro atoms. The number of anilines is 1. The highest BCUT2D eigenvalue weighted by molar-refractivity contribution is 7.13. The Labute approximate surface area is 162 Å². The van der Waals surface area contributed by atoms with Crippen molar-refractivity contribution in [3.8, 4) is 0 Å². The molecule has 2 fully saturated rings. The van der Waals surface area contributed by atoms with Gasteiger partial charge in [0.1, 0.15) is 5.82 Å². The molecule has 1 amide bonds. The fourth-order valence-corrected chi connectivity index (χ4v) is 4.53. The standard InChI is InChI=1S/C20H24FN3O2S/c1-13-9-24(10-14(2)26-13)11-17-12-27-19(22-17)23-18(25)20(7-8-20)15-3-5-16(21)6-4-15/h3-6,12-14H,7-11H2,1-2H3,(H,22,23,25). The Hall–Kier alpha value is -1.83. The molecule has 7 heteroatoms. The molecule has 1 aromatic heterocycles. The number of rotatable bonds is 5. The van der Waals surface area contributed by atoms with Crippen LogP contribution in [0.1, 0.15) is 37.9 Å². The highest BCUT2D eigenvalue weighted by Gasteiger charge is 2.51. The smallest absolute Gasteiger partial charge is 0.236 e. The molecule has 2 atom stereocenters. The summed E-state index contributed by atoms with van der Waals surface area (Å²) in [6.07, 6.45) is 2.01. The number of halogens is 1. The number of ether oxygens (including phenoxy) is 1. The summed E-state index contributed by atoms with van der Waals surface area (Å²) in [4.78, 5) is 19.7. The third kappa shape index (κ3) is 4.05. The lowest BCUT2D eigenvalue weighted by atomic mass is 9.95. The molecule has 1 N–H and O–H groups in total. The lowest BCUT2D eigenvalue weighted by molar-refractivity contribution is -0.118. The summed E-state index contributed by atoms with van der Waals surface area (Å²) in [6.45, 7) is 6.70. The first-order valence-corrected chi connectivity index (χ1v) is 10.2. The van der Waals surface area contributed by atoms with Crippen LogP contribution >= 0.6 is 11.3 Å². The Bertz CT molecular complexity index is 809. The number of hydrogen-bond donors (Lipinski definition) is 1. The van der Waals surface area contributed by atoms with Crippen molar-refractivity contribution in [2.24, 2.45) is 0 Å². The van der Waals surface area contributed by atoms with Gasteiger partial charge in [0.15, 0.2) is 5.13 Å². The normalized spacial score (nSPS) is 24.6. The van der Waals surface area contributed by atoms with Crippen LogP contribution in [0.4, 0.5) is 9.52 Å². The van der Waals surface area contributed by atoms with Gasteiger partial charge >= 0.3 is 0 Å². The molecule has 1 aliphatic carbocycles. The van der Waals surface area contributed by atoms with Crippen LogP contribution in [0.5, 0.6) is 0 Å². The van der Waals surface area contributed by atoms with E-state index in [0.717, 1.165) is 43.7 Å². The number of amides is 1. The average molecular weight is 389 g/mol. The van der Waals surface area contributed by atoms with E-state index in [1.54, 1.807) is 12.1 Å². The number of morpholine rings is 1. The molecule has 27 heavy (non-hydrogen) atoms. The quantitative estimate of drug-likeness (QED) is 0.850. The zero-order chi connectivity index (χ0) is 19.0. The van der Waals surface area contributed by atoms with Crippen molar-refractivity contribution in [2.75, 3.05) is 18.4 Å². The average Bonchev–Trinajstić information content (AvgIpc) is 3.31. The molecule has 1 aromatic carbocycles. The summed E-state index contributed by atoms with van der Waals surface area (Å²) < 4.78 is 18.9. The van der Waals surface area contributed by atoms with Crippen molar-refractivity contribution < 1.29 is 13.9 Å². The SMILES string of the molecule is CC1CN(Cc2csc(NC(=O)C3(c4ccc(F)cc4)CC3)n2)CC(C)O1. The van der Waals surface area contributed by atoms with Gasteiger partial charge < -0.3 is 10.1 Å². The molecule has 1 saturated carbocycles. The first-order chi connectivity index (χ1) is 12.9. The number of thiazole rings is 1. The molecule has 2 aromatic rings. The Balaban J connectivity index is 1.39. The van der Waals surface area contributed by atoms with Crippen molar-refractivity contribution in [1.29, 1.82) is 0 Å². The Morgan fingerprint density at radius 2 is 1.96 bits per heavy atom. The van der Waals surface area contributed by atoms with Crippen LogP contribution < -0.4 is 5.32 Å². The van der Waals surface area contributed by atoms with Crippen molar-refractivity contribution in [3.63, 3.8) is 0 Å². The van der Waals surface area contributed by atoms with Crippen LogP contribution in [0.2, 0.25) is 0 Å². The van der Waals surface area contributed by atoms with Crippen LogP contribution in [0.25, 0.3) is 0 Å². The van der Waals surface area contributed by atoms with E-state index < -0.39 is 5.41 Å². The molecule has 0 radical (unpaired) electrons. The van der Waals surface area contributed by atoms with Gasteiger partial charge in [0, 0.05) is 25.0 Å². The topological polar surface area (TPSA) is 54.5 Å². The summed E-state index contributed by atoms with van der Waals surface area (Å²) >= 11 is 1.45. The Kier molecular flexibility index (Phi) is 5.01. The highest BCUT2D eigenvalue weighted by atomic mass is 32.1. The van der Waals surface area contributed by atoms with E-state index >= 15 is 0 Å². The van der Waals surface area contributed by atoms with E-state index in [2.05, 4.69) is 29.0 Å². The first kappa shape index (κ1) is 18.5. The lowest BCUT2D eigenvalue weighted by Gasteiger charge is -2.34. The lowest BCUT2D eigenvalue weighted by Crippen LogP contribution is -2.44. The fraction of sp³-hybridized carbons (Fsp3) is 0.500. The molecule has 144 valence electrons. The maximum absolute atomic E-state index is 13.2. The van der Waals surface area contributed by atoms with Gasteiger partial charge in [0.25, 0.3) is 0 Å². The maximum Gasteiger partial charge on any atom is 0.236 e. The van der Waals surface area contributed by atoms with E-state index in [1.165, 1.54) is 23.5 Å². The minimum absolute atomic E-state index is 0.0522. The monoisotopic (exact) mass is 389 g/mol. The number of aromatic nitrogens is 1. The number of nitrogens with zero attached hydrogens (tertiary/aromatic N) is 2. The fourth-order valence-electron chi connectivity index (χ4n) is 3.84. The minimum Gasteiger partial charge on any atom is -0.373 e. The van der Waals surface area contributed by atoms with Gasteiger partial charge in [-0.15, -0.1) is 11.3 Å². The number of nitrogens with one attached hydrogen (secondary N) is 1. The zero-order valence-corrected chi connectivity index (χ0v) is 16.4. The molecule has 4 rings (SSSR count). The molecule has 1 aliphatic heterocycles. The number of hydrogen-bond acceptors (Lipinski definition) is 5. The van der Waals surface area contributed by atoms with Gasteiger partial charge in [-0.2, -0.15) is 0 Å². The number of carbonyl (C=O) groups is 1. The minimum atomic E-state index is -0.533. The highest BCUT2D eigenvalue weighted by Crippen LogP contribution is 2.49. The van der Waals surface area contributed by atoms with E-state index in [0.29, 0.717) is 5.13 Å². The van der Waals surface area contributed by atoms with Gasteiger partial charge in [-0.05, 0) is 44.4 Å². The largest absolute Gasteiger partial charge is 0.373 e. The van der Waals surface area contributed by atoms with Gasteiger partial charge in [-0.25, -0.2) is 9.37 Å². The summed E-state index contributed by atoms with van der Waals surface area (Å²) in [5.74, 6) is -0.338. The van der Waals surface area contributed by atoms with Gasteiger partial charge in [0.2, 0.25) is 5.91 Å². The molecule has 0 bridgehead atoms. The molecule has 2 aliphatic rings. The van der Waals surface area contributed by atoms with Crippen LogP contribution in [0.15, 0.2) is 29.6 Å². The molecular formula is C20H24FN3O2S.